The summed E-state index contributed by atoms with van der Waals surface area (Å²) in [5.74, 6) is -5.55. The summed E-state index contributed by atoms with van der Waals surface area (Å²) in [7, 11) is 1.25. The van der Waals surface area contributed by atoms with E-state index in [2.05, 4.69) is 24.8 Å². The van der Waals surface area contributed by atoms with Gasteiger partial charge in [0.05, 0.1) is 6.10 Å². The van der Waals surface area contributed by atoms with E-state index in [9.17, 15) is 15.0 Å². The molecule has 1 aliphatic carbocycles. The lowest BCUT2D eigenvalue weighted by Crippen LogP contribution is -2.68. The normalized spacial score (nSPS) is 29.3. The Bertz CT molecular complexity index is 1030. The molecule has 1 aromatic carbocycles. The van der Waals surface area contributed by atoms with Crippen molar-refractivity contribution in [2.24, 2.45) is 11.8 Å². The van der Waals surface area contributed by atoms with Crippen LogP contribution in [0.25, 0.3) is 0 Å². The van der Waals surface area contributed by atoms with E-state index in [4.69, 9.17) is 28.4 Å². The number of aliphatic hydroxyl groups excluding tert-OH is 1. The Hall–Kier alpha value is -2.49. The largest absolute Gasteiger partial charge is 0.476 e. The predicted octanol–water partition coefficient (Wildman–Crippen LogP) is 5.73. The third kappa shape index (κ3) is 7.91. The molecular weight excluding hydrogens is 540 g/mol. The van der Waals surface area contributed by atoms with E-state index in [0.29, 0.717) is 32.5 Å². The van der Waals surface area contributed by atoms with Crippen molar-refractivity contribution in [1.29, 1.82) is 0 Å². The van der Waals surface area contributed by atoms with Gasteiger partial charge in [0.25, 0.3) is 5.79 Å². The van der Waals surface area contributed by atoms with E-state index in [1.54, 1.807) is 36.4 Å². The summed E-state index contributed by atoms with van der Waals surface area (Å²) in [6.07, 6.45) is 13.2. The smallest absolute Gasteiger partial charge is 0.383 e. The van der Waals surface area contributed by atoms with Crippen LogP contribution in [0.4, 0.5) is 0 Å². The van der Waals surface area contributed by atoms with Crippen molar-refractivity contribution in [2.75, 3.05) is 20.3 Å². The van der Waals surface area contributed by atoms with Crippen molar-refractivity contribution in [3.63, 3.8) is 0 Å². The minimum absolute atomic E-state index is 0.0283. The lowest BCUT2D eigenvalue weighted by atomic mass is 9.91. The molecular formula is C33H46O9. The molecule has 2 aliphatic heterocycles. The molecule has 0 radical (unpaired) electrons. The Morgan fingerprint density at radius 1 is 1.02 bits per heavy atom. The van der Waals surface area contributed by atoms with E-state index < -0.39 is 36.2 Å². The number of benzene rings is 1. The number of hydrogen-bond donors (Lipinski definition) is 2. The number of allylic oxidation sites excluding steroid dienone is 2. The number of carboxylic acid groups (broad SMARTS) is 1. The highest BCUT2D eigenvalue weighted by Crippen LogP contribution is 2.40. The predicted molar refractivity (Wildman–Crippen MR) is 155 cm³/mol. The molecule has 3 fully saturated rings. The van der Waals surface area contributed by atoms with Gasteiger partial charge in [-0.1, -0.05) is 37.3 Å². The summed E-state index contributed by atoms with van der Waals surface area (Å²) < 4.78 is 36.7. The van der Waals surface area contributed by atoms with Crippen LogP contribution >= 0.6 is 0 Å². The molecule has 0 bridgehead atoms. The highest BCUT2D eigenvalue weighted by molar-refractivity contribution is 5.78. The first kappa shape index (κ1) is 32.4. The lowest BCUT2D eigenvalue weighted by molar-refractivity contribution is -0.414. The molecule has 0 aromatic heterocycles. The van der Waals surface area contributed by atoms with Gasteiger partial charge in [-0.25, -0.2) is 4.79 Å². The molecule has 6 atom stereocenters. The second-order valence-electron chi connectivity index (χ2n) is 11.1. The van der Waals surface area contributed by atoms with Crippen molar-refractivity contribution in [3.8, 4) is 5.75 Å². The molecule has 2 heterocycles. The Kier molecular flexibility index (Phi) is 12.2. The van der Waals surface area contributed by atoms with Crippen LogP contribution in [-0.2, 0) is 28.5 Å². The molecule has 3 aliphatic rings. The van der Waals surface area contributed by atoms with E-state index >= 15 is 0 Å². The first-order chi connectivity index (χ1) is 20.4. The van der Waals surface area contributed by atoms with Crippen LogP contribution in [0.1, 0.15) is 71.1 Å². The molecule has 0 spiro atoms. The molecule has 2 N–H and O–H groups in total. The van der Waals surface area contributed by atoms with Gasteiger partial charge >= 0.3 is 11.8 Å². The van der Waals surface area contributed by atoms with Crippen LogP contribution in [0.15, 0.2) is 60.4 Å². The lowest BCUT2D eigenvalue weighted by Gasteiger charge is -2.46. The third-order valence-corrected chi connectivity index (χ3v) is 8.16. The summed E-state index contributed by atoms with van der Waals surface area (Å²) in [4.78, 5) is 13.2. The monoisotopic (exact) mass is 586 g/mol. The zero-order valence-electron chi connectivity index (χ0n) is 24.8. The molecule has 3 unspecified atom stereocenters. The highest BCUT2D eigenvalue weighted by Gasteiger charge is 2.65. The van der Waals surface area contributed by atoms with Gasteiger partial charge in [0.15, 0.2) is 12.6 Å². The number of methoxy groups -OCH3 is 1. The van der Waals surface area contributed by atoms with E-state index in [1.807, 2.05) is 0 Å². The SMILES string of the molecule is CC/C=C/[C@H]1CC[C@H](O)[C@@H]1CC=C=CC([16O]C1CCCCO1)([16O]C1CCCCO1)C(OC)(Oc1ccccc1)C(=O)O. The summed E-state index contributed by atoms with van der Waals surface area (Å²) in [6.45, 7) is 3.03. The zero-order chi connectivity index (χ0) is 29.8. The van der Waals surface area contributed by atoms with Crippen LogP contribution in [0.2, 0.25) is 0 Å². The number of para-hydroxylation sites is 1. The number of rotatable bonds is 14. The van der Waals surface area contributed by atoms with Crippen molar-refractivity contribution in [3.05, 3.63) is 60.4 Å². The van der Waals surface area contributed by atoms with Gasteiger partial charge in [0, 0.05) is 26.4 Å². The van der Waals surface area contributed by atoms with Crippen molar-refractivity contribution >= 4 is 5.97 Å². The van der Waals surface area contributed by atoms with Gasteiger partial charge < -0.3 is 38.6 Å². The number of carboxylic acids is 1. The minimum Gasteiger partial charge on any atom is -0.476 e. The average molecular weight is 587 g/mol. The molecule has 0 amide bonds. The summed E-state index contributed by atoms with van der Waals surface area (Å²) in [5.41, 5.74) is 3.14. The fraction of sp³-hybridized carbons (Fsp3) is 0.636. The molecule has 1 aromatic rings. The maximum atomic E-state index is 13.2. The van der Waals surface area contributed by atoms with Crippen LogP contribution < -0.4 is 4.74 Å². The standard InChI is InChI=1S/C33H46O9/c1-3-4-14-25-20-21-28(34)27(25)17-8-11-22-32(41-29-18-9-12-23-38-29,42-30-19-10-13-24-39-30)33(37-2,31(35)36)40-26-15-6-5-7-16-26/h4-8,14-16,22,25,27-30,34H,3,9-10,12-13,17-21,23-24H2,1-2H3,(H,35,36)/b14-4+/t11?,25-,27+,28-,29?,30?,32?,33?/m0/s1/i41+0,42+0. The molecule has 2 saturated heterocycles. The first-order valence-electron chi connectivity index (χ1n) is 15.3. The van der Waals surface area contributed by atoms with Crippen LogP contribution in [0.3, 0.4) is 0 Å². The Balaban J connectivity index is 1.76. The first-order valence-corrected chi connectivity index (χ1v) is 15.3. The second-order valence-corrected chi connectivity index (χ2v) is 11.1. The van der Waals surface area contributed by atoms with Gasteiger partial charge in [-0.15, -0.1) is 5.73 Å². The Morgan fingerprint density at radius 3 is 2.24 bits per heavy atom. The topological polar surface area (TPSA) is 113 Å². The van der Waals surface area contributed by atoms with E-state index in [-0.39, 0.29) is 17.6 Å². The minimum atomic E-state index is -2.49. The summed E-state index contributed by atoms with van der Waals surface area (Å²) in [6, 6.07) is 8.56. The molecule has 232 valence electrons. The van der Waals surface area contributed by atoms with Gasteiger partial charge in [-0.3, -0.25) is 0 Å². The second kappa shape index (κ2) is 15.8. The number of aliphatic hydroxyl groups is 1. The van der Waals surface area contributed by atoms with Gasteiger partial charge in [0.1, 0.15) is 5.75 Å². The molecule has 9 nitrogen and oxygen atoms in total. The Morgan fingerprint density at radius 2 is 1.69 bits per heavy atom. The van der Waals surface area contributed by atoms with Crippen molar-refractivity contribution in [1.82, 2.24) is 0 Å². The zero-order valence-corrected chi connectivity index (χ0v) is 24.8. The average Bonchev–Trinajstić information content (AvgIpc) is 3.36. The van der Waals surface area contributed by atoms with Gasteiger partial charge in [-0.05, 0) is 94.3 Å². The van der Waals surface area contributed by atoms with Crippen molar-refractivity contribution < 1.29 is 43.4 Å². The fourth-order valence-electron chi connectivity index (χ4n) is 5.87. The summed E-state index contributed by atoms with van der Waals surface area (Å²) in [5, 5.41) is 21.4. The number of carbonyl (C=O) groups is 1. The van der Waals surface area contributed by atoms with E-state index in [1.165, 1.54) is 13.2 Å². The Labute approximate surface area is 249 Å². The van der Waals surface area contributed by atoms with Gasteiger partial charge in [-0.2, -0.15) is 0 Å². The molecule has 42 heavy (non-hydrogen) atoms. The van der Waals surface area contributed by atoms with Crippen LogP contribution in [0.5, 0.6) is 5.75 Å². The molecule has 9 heteroatoms. The maximum absolute atomic E-state index is 13.2. The fourth-order valence-corrected chi connectivity index (χ4v) is 5.87. The van der Waals surface area contributed by atoms with E-state index in [0.717, 1.165) is 44.9 Å². The highest BCUT2D eigenvalue weighted by atomic mass is 16.9. The number of hydrogen-bond acceptors (Lipinski definition) is 8. The van der Waals surface area contributed by atoms with Crippen LogP contribution in [0, 0.1) is 11.8 Å². The maximum Gasteiger partial charge on any atom is 0.383 e. The van der Waals surface area contributed by atoms with Crippen molar-refractivity contribution in [2.45, 2.75) is 101 Å². The quantitative estimate of drug-likeness (QED) is 0.160. The number of ether oxygens (including phenoxy) is 6. The number of aliphatic carboxylic acids is 1. The molecule has 1 saturated carbocycles. The third-order valence-electron chi connectivity index (χ3n) is 8.16. The van der Waals surface area contributed by atoms with Crippen LogP contribution in [-0.4, -0.2) is 66.8 Å². The molecule has 4 rings (SSSR count). The van der Waals surface area contributed by atoms with Gasteiger partial charge in [0.2, 0.25) is 0 Å². The summed E-state index contributed by atoms with van der Waals surface area (Å²) >= 11 is 0.